The molecule has 1 aliphatic heterocycles. The van der Waals surface area contributed by atoms with E-state index in [2.05, 4.69) is 30.6 Å². The molecule has 9 nitrogen and oxygen atoms in total. The van der Waals surface area contributed by atoms with Gasteiger partial charge in [0, 0.05) is 50.7 Å². The molecular formula is C21H25N7O2. The molecule has 1 saturated heterocycles. The molecule has 0 bridgehead atoms. The molecule has 0 unspecified atom stereocenters. The van der Waals surface area contributed by atoms with Gasteiger partial charge in [-0.25, -0.2) is 9.67 Å². The number of rotatable bonds is 8. The first-order valence-electron chi connectivity index (χ1n) is 10.0. The Hall–Kier alpha value is -3.30. The molecule has 2 aromatic heterocycles. The summed E-state index contributed by atoms with van der Waals surface area (Å²) in [6.45, 7) is 4.58. The number of carbonyl (C=O) groups is 1. The summed E-state index contributed by atoms with van der Waals surface area (Å²) in [4.78, 5) is 23.3. The summed E-state index contributed by atoms with van der Waals surface area (Å²) in [6.07, 6.45) is 7.31. The molecule has 0 radical (unpaired) electrons. The van der Waals surface area contributed by atoms with Crippen molar-refractivity contribution in [3.63, 3.8) is 0 Å². The van der Waals surface area contributed by atoms with E-state index >= 15 is 0 Å². The van der Waals surface area contributed by atoms with Crippen LogP contribution in [0, 0.1) is 0 Å². The number of hydrogen-bond acceptors (Lipinski definition) is 7. The highest BCUT2D eigenvalue weighted by Gasteiger charge is 2.12. The quantitative estimate of drug-likeness (QED) is 0.589. The highest BCUT2D eigenvalue weighted by molar-refractivity contribution is 5.90. The van der Waals surface area contributed by atoms with E-state index in [4.69, 9.17) is 4.74 Å². The minimum atomic E-state index is 0.0180. The van der Waals surface area contributed by atoms with E-state index < -0.39 is 0 Å². The lowest BCUT2D eigenvalue weighted by Gasteiger charge is -2.26. The molecule has 3 aromatic rings. The van der Waals surface area contributed by atoms with Crippen molar-refractivity contribution in [2.24, 2.45) is 0 Å². The topological polar surface area (TPSA) is 97.2 Å². The average Bonchev–Trinajstić information content (AvgIpc) is 3.33. The molecule has 1 aliphatic rings. The van der Waals surface area contributed by atoms with Crippen molar-refractivity contribution in [2.45, 2.75) is 13.0 Å². The van der Waals surface area contributed by atoms with Crippen molar-refractivity contribution in [2.75, 3.05) is 43.5 Å². The second-order valence-electron chi connectivity index (χ2n) is 7.02. The van der Waals surface area contributed by atoms with E-state index in [1.54, 1.807) is 23.3 Å². The van der Waals surface area contributed by atoms with Crippen LogP contribution in [0.5, 0.6) is 0 Å². The molecule has 0 atom stereocenters. The molecule has 1 aromatic carbocycles. The van der Waals surface area contributed by atoms with Crippen LogP contribution in [0.2, 0.25) is 0 Å². The van der Waals surface area contributed by atoms with Gasteiger partial charge in [-0.05, 0) is 23.8 Å². The van der Waals surface area contributed by atoms with Crippen LogP contribution in [-0.2, 0) is 16.1 Å². The number of morpholine rings is 1. The Morgan fingerprint density at radius 1 is 1.17 bits per heavy atom. The van der Waals surface area contributed by atoms with E-state index in [0.717, 1.165) is 44.1 Å². The molecule has 0 saturated carbocycles. The maximum Gasteiger partial charge on any atom is 0.225 e. The van der Waals surface area contributed by atoms with Gasteiger partial charge in [-0.2, -0.15) is 5.10 Å². The normalized spacial score (nSPS) is 14.4. The third-order valence-electron chi connectivity index (χ3n) is 4.80. The van der Waals surface area contributed by atoms with Crippen LogP contribution in [0.4, 0.5) is 11.5 Å². The van der Waals surface area contributed by atoms with Crippen LogP contribution in [0.1, 0.15) is 12.0 Å². The molecule has 9 heteroatoms. The predicted octanol–water partition coefficient (Wildman–Crippen LogP) is 1.94. The zero-order valence-electron chi connectivity index (χ0n) is 16.7. The summed E-state index contributed by atoms with van der Waals surface area (Å²) in [5, 5.41) is 10.4. The van der Waals surface area contributed by atoms with Crippen molar-refractivity contribution >= 4 is 17.4 Å². The zero-order chi connectivity index (χ0) is 20.6. The average molecular weight is 407 g/mol. The van der Waals surface area contributed by atoms with Gasteiger partial charge in [-0.15, -0.1) is 0 Å². The lowest BCUT2D eigenvalue weighted by atomic mass is 10.2. The lowest BCUT2D eigenvalue weighted by Crippen LogP contribution is -2.38. The number of nitrogens with one attached hydrogen (secondary N) is 2. The molecule has 0 aliphatic carbocycles. The van der Waals surface area contributed by atoms with Gasteiger partial charge in [0.25, 0.3) is 0 Å². The minimum Gasteiger partial charge on any atom is -0.379 e. The van der Waals surface area contributed by atoms with Gasteiger partial charge in [0.2, 0.25) is 5.91 Å². The van der Waals surface area contributed by atoms with Crippen LogP contribution in [0.25, 0.3) is 5.82 Å². The SMILES string of the molecule is O=C(CCN1CCOCC1)Nc1cccc(CNc2cncc(-n3cccn3)n2)c1. The first-order chi connectivity index (χ1) is 14.8. The number of anilines is 2. The van der Waals surface area contributed by atoms with Crippen molar-refractivity contribution in [3.05, 3.63) is 60.7 Å². The van der Waals surface area contributed by atoms with Crippen LogP contribution in [0.3, 0.4) is 0 Å². The van der Waals surface area contributed by atoms with Crippen LogP contribution in [-0.4, -0.2) is 63.4 Å². The van der Waals surface area contributed by atoms with Crippen LogP contribution >= 0.6 is 0 Å². The molecule has 1 fully saturated rings. The van der Waals surface area contributed by atoms with E-state index in [1.807, 2.05) is 36.5 Å². The van der Waals surface area contributed by atoms with Gasteiger partial charge < -0.3 is 15.4 Å². The fourth-order valence-electron chi connectivity index (χ4n) is 3.22. The Bertz CT molecular complexity index is 956. The zero-order valence-corrected chi connectivity index (χ0v) is 16.7. The highest BCUT2D eigenvalue weighted by atomic mass is 16.5. The predicted molar refractivity (Wildman–Crippen MR) is 113 cm³/mol. The second-order valence-corrected chi connectivity index (χ2v) is 7.02. The van der Waals surface area contributed by atoms with Crippen LogP contribution in [0.15, 0.2) is 55.1 Å². The van der Waals surface area contributed by atoms with E-state index in [0.29, 0.717) is 24.6 Å². The smallest absolute Gasteiger partial charge is 0.225 e. The first kappa shape index (κ1) is 20.0. The largest absolute Gasteiger partial charge is 0.379 e. The molecule has 156 valence electrons. The van der Waals surface area contributed by atoms with Crippen molar-refractivity contribution < 1.29 is 9.53 Å². The van der Waals surface area contributed by atoms with Crippen molar-refractivity contribution in [3.8, 4) is 5.82 Å². The second kappa shape index (κ2) is 9.95. The number of aromatic nitrogens is 4. The number of ether oxygens (including phenoxy) is 1. The fourth-order valence-corrected chi connectivity index (χ4v) is 3.22. The van der Waals surface area contributed by atoms with Gasteiger partial charge in [0.1, 0.15) is 5.82 Å². The number of nitrogens with zero attached hydrogens (tertiary/aromatic N) is 5. The van der Waals surface area contributed by atoms with Gasteiger partial charge in [0.15, 0.2) is 5.82 Å². The highest BCUT2D eigenvalue weighted by Crippen LogP contribution is 2.13. The maximum absolute atomic E-state index is 12.3. The number of carbonyl (C=O) groups excluding carboxylic acids is 1. The molecule has 30 heavy (non-hydrogen) atoms. The molecule has 2 N–H and O–H groups in total. The van der Waals surface area contributed by atoms with Gasteiger partial charge in [-0.3, -0.25) is 14.7 Å². The Labute approximate surface area is 175 Å². The van der Waals surface area contributed by atoms with Gasteiger partial charge >= 0.3 is 0 Å². The first-order valence-corrected chi connectivity index (χ1v) is 10.0. The Balaban J connectivity index is 1.29. The summed E-state index contributed by atoms with van der Waals surface area (Å²) < 4.78 is 6.99. The summed E-state index contributed by atoms with van der Waals surface area (Å²) in [6, 6.07) is 9.63. The molecule has 4 rings (SSSR count). The summed E-state index contributed by atoms with van der Waals surface area (Å²) >= 11 is 0. The third-order valence-corrected chi connectivity index (χ3v) is 4.80. The van der Waals surface area contributed by atoms with E-state index in [1.165, 1.54) is 0 Å². The van der Waals surface area contributed by atoms with Gasteiger partial charge in [-0.1, -0.05) is 12.1 Å². The summed E-state index contributed by atoms with van der Waals surface area (Å²) in [7, 11) is 0. The van der Waals surface area contributed by atoms with Crippen LogP contribution < -0.4 is 10.6 Å². The minimum absolute atomic E-state index is 0.0180. The number of benzene rings is 1. The standard InChI is InChI=1S/C21H25N7O2/c29-21(5-8-27-9-11-30-12-10-27)25-18-4-1-3-17(13-18)14-23-19-15-22-16-20(26-19)28-7-2-6-24-28/h1-4,6-7,13,15-16H,5,8-12,14H2,(H,23,26)(H,25,29). The number of hydrogen-bond donors (Lipinski definition) is 2. The maximum atomic E-state index is 12.3. The molecular weight excluding hydrogens is 382 g/mol. The van der Waals surface area contributed by atoms with Crippen molar-refractivity contribution in [1.29, 1.82) is 0 Å². The monoisotopic (exact) mass is 407 g/mol. The summed E-state index contributed by atoms with van der Waals surface area (Å²) in [5.41, 5.74) is 1.82. The molecule has 1 amide bonds. The van der Waals surface area contributed by atoms with Gasteiger partial charge in [0.05, 0.1) is 25.6 Å². The summed E-state index contributed by atoms with van der Waals surface area (Å²) in [5.74, 6) is 1.32. The lowest BCUT2D eigenvalue weighted by molar-refractivity contribution is -0.116. The number of amides is 1. The van der Waals surface area contributed by atoms with E-state index in [-0.39, 0.29) is 5.91 Å². The molecule has 0 spiro atoms. The van der Waals surface area contributed by atoms with Crippen molar-refractivity contribution in [1.82, 2.24) is 24.6 Å². The Morgan fingerprint density at radius 2 is 2.07 bits per heavy atom. The third kappa shape index (κ3) is 5.62. The fraction of sp³-hybridized carbons (Fsp3) is 0.333. The Morgan fingerprint density at radius 3 is 2.90 bits per heavy atom. The molecule has 3 heterocycles. The van der Waals surface area contributed by atoms with E-state index in [9.17, 15) is 4.79 Å². The Kier molecular flexibility index (Phi) is 6.63.